The van der Waals surface area contributed by atoms with Gasteiger partial charge in [0.15, 0.2) is 11.5 Å². The number of ether oxygens (including phenoxy) is 2. The fourth-order valence-corrected chi connectivity index (χ4v) is 3.41. The predicted molar refractivity (Wildman–Crippen MR) is 103 cm³/mol. The number of methoxy groups -OCH3 is 2. The maximum Gasteiger partial charge on any atom is 0.326 e. The summed E-state index contributed by atoms with van der Waals surface area (Å²) in [6.45, 7) is 3.83. The van der Waals surface area contributed by atoms with Gasteiger partial charge >= 0.3 is 5.97 Å². The second kappa shape index (κ2) is 9.36. The monoisotopic (exact) mass is 392 g/mol. The van der Waals surface area contributed by atoms with Crippen LogP contribution in [0.1, 0.15) is 26.0 Å². The van der Waals surface area contributed by atoms with Crippen LogP contribution in [0.15, 0.2) is 23.6 Å². The van der Waals surface area contributed by atoms with E-state index in [4.69, 9.17) is 9.47 Å². The van der Waals surface area contributed by atoms with Crippen molar-refractivity contribution < 1.29 is 24.2 Å². The number of thiazole rings is 1. The molecule has 7 nitrogen and oxygen atoms in total. The molecule has 0 saturated heterocycles. The summed E-state index contributed by atoms with van der Waals surface area (Å²) in [6.07, 6.45) is 0.417. The van der Waals surface area contributed by atoms with Gasteiger partial charge in [-0.25, -0.2) is 9.78 Å². The van der Waals surface area contributed by atoms with Gasteiger partial charge in [-0.15, -0.1) is 11.3 Å². The lowest BCUT2D eigenvalue weighted by Gasteiger charge is -2.16. The van der Waals surface area contributed by atoms with Gasteiger partial charge in [0.25, 0.3) is 0 Å². The SMILES string of the molecule is COc1ccc(-c2nc(CC(=O)N[C@@H](CC(C)C)C(=O)O)cs2)cc1OC. The quantitative estimate of drug-likeness (QED) is 0.681. The second-order valence-electron chi connectivity index (χ2n) is 6.48. The number of nitrogens with zero attached hydrogens (tertiary/aromatic N) is 1. The number of aliphatic carboxylic acids is 1. The molecule has 0 unspecified atom stereocenters. The number of hydrogen-bond acceptors (Lipinski definition) is 6. The molecule has 1 atom stereocenters. The molecule has 2 N–H and O–H groups in total. The van der Waals surface area contributed by atoms with Crippen LogP contribution in [0, 0.1) is 5.92 Å². The number of amides is 1. The van der Waals surface area contributed by atoms with E-state index in [0.717, 1.165) is 10.6 Å². The predicted octanol–water partition coefficient (Wildman–Crippen LogP) is 2.99. The summed E-state index contributed by atoms with van der Waals surface area (Å²) >= 11 is 1.41. The third-order valence-electron chi connectivity index (χ3n) is 3.86. The van der Waals surface area contributed by atoms with Crippen molar-refractivity contribution in [3.05, 3.63) is 29.3 Å². The van der Waals surface area contributed by atoms with Crippen molar-refractivity contribution in [1.29, 1.82) is 0 Å². The van der Waals surface area contributed by atoms with Crippen molar-refractivity contribution in [1.82, 2.24) is 10.3 Å². The van der Waals surface area contributed by atoms with Crippen LogP contribution in [-0.2, 0) is 16.0 Å². The number of carbonyl (C=O) groups is 2. The van der Waals surface area contributed by atoms with E-state index in [9.17, 15) is 14.7 Å². The van der Waals surface area contributed by atoms with Crippen LogP contribution < -0.4 is 14.8 Å². The van der Waals surface area contributed by atoms with Crippen LogP contribution in [0.3, 0.4) is 0 Å². The van der Waals surface area contributed by atoms with Crippen molar-refractivity contribution >= 4 is 23.2 Å². The van der Waals surface area contributed by atoms with Gasteiger partial charge in [0.2, 0.25) is 5.91 Å². The zero-order valence-corrected chi connectivity index (χ0v) is 16.6. The summed E-state index contributed by atoms with van der Waals surface area (Å²) in [6, 6.07) is 4.60. The molecule has 1 aromatic carbocycles. The molecule has 0 spiro atoms. The molecule has 2 aromatic rings. The standard InChI is InChI=1S/C19H24N2O5S/c1-11(2)7-14(19(23)24)21-17(22)9-13-10-27-18(20-13)12-5-6-15(25-3)16(8-12)26-4/h5-6,8,10-11,14H,7,9H2,1-4H3,(H,21,22)(H,23,24)/t14-/m0/s1. The van der Waals surface area contributed by atoms with Crippen molar-refractivity contribution in [2.75, 3.05) is 14.2 Å². The number of hydrogen-bond donors (Lipinski definition) is 2. The van der Waals surface area contributed by atoms with E-state index >= 15 is 0 Å². The third kappa shape index (κ3) is 5.68. The highest BCUT2D eigenvalue weighted by molar-refractivity contribution is 7.13. The molecule has 146 valence electrons. The fraction of sp³-hybridized carbons (Fsp3) is 0.421. The average molecular weight is 392 g/mol. The maximum absolute atomic E-state index is 12.2. The van der Waals surface area contributed by atoms with Gasteiger partial charge in [0, 0.05) is 10.9 Å². The van der Waals surface area contributed by atoms with Crippen LogP contribution in [0.4, 0.5) is 0 Å². The summed E-state index contributed by atoms with van der Waals surface area (Å²) in [7, 11) is 3.14. The van der Waals surface area contributed by atoms with Crippen molar-refractivity contribution in [3.63, 3.8) is 0 Å². The minimum absolute atomic E-state index is 0.0334. The van der Waals surface area contributed by atoms with E-state index < -0.39 is 12.0 Å². The summed E-state index contributed by atoms with van der Waals surface area (Å²) in [5, 5.41) is 14.3. The number of nitrogens with one attached hydrogen (secondary N) is 1. The molecule has 27 heavy (non-hydrogen) atoms. The van der Waals surface area contributed by atoms with Crippen molar-refractivity contribution in [2.24, 2.45) is 5.92 Å². The Morgan fingerprint density at radius 2 is 1.93 bits per heavy atom. The molecular weight excluding hydrogens is 368 g/mol. The Bertz CT molecular complexity index is 803. The molecule has 0 radical (unpaired) electrons. The molecule has 0 bridgehead atoms. The van der Waals surface area contributed by atoms with Crippen molar-refractivity contribution in [3.8, 4) is 22.1 Å². The highest BCUT2D eigenvalue weighted by Gasteiger charge is 2.21. The Labute approximate surface area is 162 Å². The molecule has 0 aliphatic heterocycles. The first-order valence-corrected chi connectivity index (χ1v) is 9.41. The van der Waals surface area contributed by atoms with Crippen LogP contribution in [-0.4, -0.2) is 42.2 Å². The summed E-state index contributed by atoms with van der Waals surface area (Å²) < 4.78 is 10.5. The zero-order valence-electron chi connectivity index (χ0n) is 15.8. The van der Waals surface area contributed by atoms with Gasteiger partial charge < -0.3 is 19.9 Å². The van der Waals surface area contributed by atoms with E-state index in [1.807, 2.05) is 26.0 Å². The number of carboxylic acid groups (broad SMARTS) is 1. The minimum atomic E-state index is -1.03. The molecule has 0 aliphatic rings. The minimum Gasteiger partial charge on any atom is -0.493 e. The van der Waals surface area contributed by atoms with Crippen LogP contribution in [0.5, 0.6) is 11.5 Å². The number of aromatic nitrogens is 1. The highest BCUT2D eigenvalue weighted by atomic mass is 32.1. The Hall–Kier alpha value is -2.61. The third-order valence-corrected chi connectivity index (χ3v) is 4.80. The first kappa shape index (κ1) is 20.7. The zero-order chi connectivity index (χ0) is 20.0. The van der Waals surface area contributed by atoms with Gasteiger partial charge in [0.1, 0.15) is 11.0 Å². The number of benzene rings is 1. The average Bonchev–Trinajstić information content (AvgIpc) is 3.08. The molecule has 8 heteroatoms. The summed E-state index contributed by atoms with van der Waals surface area (Å²) in [5.41, 5.74) is 1.45. The van der Waals surface area contributed by atoms with Gasteiger partial charge in [-0.05, 0) is 30.5 Å². The summed E-state index contributed by atoms with van der Waals surface area (Å²) in [4.78, 5) is 27.9. The van der Waals surface area contributed by atoms with Gasteiger partial charge in [0.05, 0.1) is 26.3 Å². The molecule has 1 aromatic heterocycles. The Morgan fingerprint density at radius 3 is 2.52 bits per heavy atom. The smallest absolute Gasteiger partial charge is 0.326 e. The lowest BCUT2D eigenvalue weighted by Crippen LogP contribution is -2.42. The van der Waals surface area contributed by atoms with Gasteiger partial charge in [-0.1, -0.05) is 13.8 Å². The molecule has 2 rings (SSSR count). The number of carbonyl (C=O) groups excluding carboxylic acids is 1. The Kier molecular flexibility index (Phi) is 7.18. The van der Waals surface area contributed by atoms with Crippen LogP contribution >= 0.6 is 11.3 Å². The van der Waals surface area contributed by atoms with Crippen LogP contribution in [0.2, 0.25) is 0 Å². The normalized spacial score (nSPS) is 11.9. The maximum atomic E-state index is 12.2. The number of rotatable bonds is 9. The Morgan fingerprint density at radius 1 is 1.22 bits per heavy atom. The summed E-state index contributed by atoms with van der Waals surface area (Å²) in [5.74, 6) is 0.0145. The topological polar surface area (TPSA) is 97.8 Å². The first-order chi connectivity index (χ1) is 12.8. The van der Waals surface area contributed by atoms with E-state index in [-0.39, 0.29) is 18.2 Å². The lowest BCUT2D eigenvalue weighted by atomic mass is 10.0. The van der Waals surface area contributed by atoms with E-state index in [0.29, 0.717) is 23.6 Å². The number of carboxylic acids is 1. The van der Waals surface area contributed by atoms with Gasteiger partial charge in [-0.2, -0.15) is 0 Å². The van der Waals surface area contributed by atoms with Crippen molar-refractivity contribution in [2.45, 2.75) is 32.7 Å². The largest absolute Gasteiger partial charge is 0.493 e. The lowest BCUT2D eigenvalue weighted by molar-refractivity contribution is -0.142. The molecule has 1 amide bonds. The Balaban J connectivity index is 2.07. The van der Waals surface area contributed by atoms with E-state index in [1.54, 1.807) is 25.7 Å². The fourth-order valence-electron chi connectivity index (χ4n) is 2.59. The molecule has 1 heterocycles. The van der Waals surface area contributed by atoms with Crippen LogP contribution in [0.25, 0.3) is 10.6 Å². The van der Waals surface area contributed by atoms with E-state index in [2.05, 4.69) is 10.3 Å². The van der Waals surface area contributed by atoms with E-state index in [1.165, 1.54) is 11.3 Å². The molecular formula is C19H24N2O5S. The highest BCUT2D eigenvalue weighted by Crippen LogP contribution is 2.33. The molecule has 0 aliphatic carbocycles. The second-order valence-corrected chi connectivity index (χ2v) is 7.34. The molecule has 0 fully saturated rings. The molecule has 0 saturated carbocycles. The van der Waals surface area contributed by atoms with Gasteiger partial charge in [-0.3, -0.25) is 4.79 Å². The first-order valence-electron chi connectivity index (χ1n) is 8.53.